The van der Waals surface area contributed by atoms with Crippen molar-refractivity contribution in [1.82, 2.24) is 14.5 Å². The van der Waals surface area contributed by atoms with Gasteiger partial charge >= 0.3 is 12.5 Å². The van der Waals surface area contributed by atoms with Gasteiger partial charge in [-0.1, -0.05) is 0 Å². The molecule has 0 unspecified atom stereocenters. The van der Waals surface area contributed by atoms with Gasteiger partial charge in [-0.15, -0.1) is 0 Å². The van der Waals surface area contributed by atoms with Crippen LogP contribution in [0.15, 0.2) is 30.9 Å². The van der Waals surface area contributed by atoms with E-state index in [2.05, 4.69) is 9.97 Å². The summed E-state index contributed by atoms with van der Waals surface area (Å²) in [6.45, 7) is -3.00. The maximum Gasteiger partial charge on any atom is 0.339 e. The number of ether oxygens (including phenoxy) is 1. The maximum absolute atomic E-state index is 12.6. The molecule has 2 aromatic rings. The zero-order valence-corrected chi connectivity index (χ0v) is 9.53. The average Bonchev–Trinajstić information content (AvgIpc) is 2.85. The first-order valence-electron chi connectivity index (χ1n) is 5.19. The highest BCUT2D eigenvalue weighted by Crippen LogP contribution is 2.19. The number of hydrogen-bond donors (Lipinski definition) is 1. The summed E-state index contributed by atoms with van der Waals surface area (Å²) in [6, 6.07) is 1.26. The summed E-state index contributed by atoms with van der Waals surface area (Å²) in [6.07, 6.45) is 4.84. The second-order valence-electron chi connectivity index (χ2n) is 3.49. The molecule has 0 aromatic carbocycles. The highest BCUT2D eigenvalue weighted by atomic mass is 19.3. The first-order valence-corrected chi connectivity index (χ1v) is 5.19. The van der Waals surface area contributed by atoms with E-state index >= 15 is 0 Å². The van der Waals surface area contributed by atoms with Gasteiger partial charge in [0, 0.05) is 18.6 Å². The van der Waals surface area contributed by atoms with Crippen LogP contribution in [0.5, 0.6) is 5.75 Å². The summed E-state index contributed by atoms with van der Waals surface area (Å²) in [4.78, 5) is 18.3. The normalized spacial score (nSPS) is 10.7. The van der Waals surface area contributed by atoms with Crippen molar-refractivity contribution < 1.29 is 23.4 Å². The predicted octanol–water partition coefficient (Wildman–Crippen LogP) is 1.95. The summed E-state index contributed by atoms with van der Waals surface area (Å²) in [5.74, 6) is -1.19. The Balaban J connectivity index is 2.15. The molecule has 0 saturated heterocycles. The molecule has 1 N–H and O–H groups in total. The quantitative estimate of drug-likeness (QED) is 0.897. The number of carboxylic acids is 1. The zero-order valence-electron chi connectivity index (χ0n) is 9.53. The highest BCUT2D eigenvalue weighted by Gasteiger charge is 2.14. The van der Waals surface area contributed by atoms with E-state index < -0.39 is 12.5 Å². The lowest BCUT2D eigenvalue weighted by Gasteiger charge is -2.09. The Morgan fingerprint density at radius 1 is 1.47 bits per heavy atom. The lowest BCUT2D eigenvalue weighted by molar-refractivity contribution is 0.0623. The number of aromatic carboxylic acids is 1. The number of alkyl halides is 2. The van der Waals surface area contributed by atoms with Gasteiger partial charge in [-0.2, -0.15) is 8.78 Å². The molecule has 2 heterocycles. The monoisotopic (exact) mass is 269 g/mol. The molecule has 19 heavy (non-hydrogen) atoms. The molecule has 2 aromatic heterocycles. The smallest absolute Gasteiger partial charge is 0.339 e. The molecule has 0 radical (unpaired) electrons. The Morgan fingerprint density at radius 2 is 2.26 bits per heavy atom. The number of carboxylic acid groups (broad SMARTS) is 1. The van der Waals surface area contributed by atoms with Crippen LogP contribution >= 0.6 is 0 Å². The molecule has 0 aliphatic carbocycles. The van der Waals surface area contributed by atoms with Crippen LogP contribution in [0.3, 0.4) is 0 Å². The van der Waals surface area contributed by atoms with Gasteiger partial charge in [-0.3, -0.25) is 9.55 Å². The van der Waals surface area contributed by atoms with E-state index in [0.29, 0.717) is 4.57 Å². The van der Waals surface area contributed by atoms with Crippen LogP contribution in [0, 0.1) is 0 Å². The Labute approximate surface area is 106 Å². The number of pyridine rings is 1. The molecule has 0 bridgehead atoms. The van der Waals surface area contributed by atoms with Crippen LogP contribution in [0.2, 0.25) is 0 Å². The van der Waals surface area contributed by atoms with Gasteiger partial charge in [0.25, 0.3) is 0 Å². The lowest BCUT2D eigenvalue weighted by atomic mass is 10.2. The van der Waals surface area contributed by atoms with Crippen LogP contribution in [0.1, 0.15) is 22.7 Å². The number of aromatic nitrogens is 3. The molecule has 0 fully saturated rings. The third-order valence-corrected chi connectivity index (χ3v) is 2.33. The molecule has 0 spiro atoms. The van der Waals surface area contributed by atoms with Crippen molar-refractivity contribution in [2.24, 2.45) is 0 Å². The van der Waals surface area contributed by atoms with Gasteiger partial charge in [0.2, 0.25) is 0 Å². The number of hydrogen-bond acceptors (Lipinski definition) is 4. The minimum atomic E-state index is -2.73. The van der Waals surface area contributed by atoms with Crippen molar-refractivity contribution in [3.05, 3.63) is 42.2 Å². The van der Waals surface area contributed by atoms with Crippen LogP contribution < -0.4 is 4.74 Å². The van der Waals surface area contributed by atoms with E-state index in [4.69, 9.17) is 9.84 Å². The van der Waals surface area contributed by atoms with Crippen LogP contribution in [-0.2, 0) is 6.61 Å². The van der Waals surface area contributed by atoms with Crippen LogP contribution in [0.25, 0.3) is 0 Å². The number of carbonyl (C=O) groups is 1. The fourth-order valence-corrected chi connectivity index (χ4v) is 1.45. The van der Waals surface area contributed by atoms with E-state index in [0.717, 1.165) is 6.20 Å². The maximum atomic E-state index is 12.6. The minimum Gasteiger partial charge on any atom is -0.483 e. The molecule has 0 amide bonds. The Bertz CT molecular complexity index is 586. The van der Waals surface area contributed by atoms with E-state index in [1.807, 2.05) is 0 Å². The summed E-state index contributed by atoms with van der Waals surface area (Å²) >= 11 is 0. The molecule has 0 aliphatic heterocycles. The van der Waals surface area contributed by atoms with Gasteiger partial charge in [-0.05, 0) is 6.07 Å². The average molecular weight is 269 g/mol. The van der Waals surface area contributed by atoms with Gasteiger partial charge in [0.15, 0.2) is 11.6 Å². The van der Waals surface area contributed by atoms with Crippen molar-refractivity contribution >= 4 is 5.97 Å². The molecule has 8 heteroatoms. The van der Waals surface area contributed by atoms with Crippen molar-refractivity contribution in [1.29, 1.82) is 0 Å². The molecule has 100 valence electrons. The fraction of sp³-hybridized carbons (Fsp3) is 0.182. The first kappa shape index (κ1) is 12.9. The number of imidazole rings is 1. The standard InChI is InChI=1S/C11H9F2N3O3/c12-11(13)16-4-3-15-9(16)6-19-8-5-14-2-1-7(8)10(17)18/h1-5,11H,6H2,(H,17,18). The van der Waals surface area contributed by atoms with Crippen LogP contribution in [0.4, 0.5) is 8.78 Å². The molecule has 0 aliphatic rings. The largest absolute Gasteiger partial charge is 0.483 e. The topological polar surface area (TPSA) is 77.2 Å². The van der Waals surface area contributed by atoms with E-state index in [-0.39, 0.29) is 23.7 Å². The third kappa shape index (κ3) is 2.84. The highest BCUT2D eigenvalue weighted by molar-refractivity contribution is 5.90. The Hall–Kier alpha value is -2.51. The summed E-state index contributed by atoms with van der Waals surface area (Å²) < 4.78 is 30.9. The van der Waals surface area contributed by atoms with E-state index in [1.54, 1.807) is 0 Å². The van der Waals surface area contributed by atoms with Crippen molar-refractivity contribution in [3.8, 4) is 5.75 Å². The van der Waals surface area contributed by atoms with E-state index in [9.17, 15) is 13.6 Å². The summed E-state index contributed by atoms with van der Waals surface area (Å²) in [7, 11) is 0. The minimum absolute atomic E-state index is 0.00110. The molecule has 6 nitrogen and oxygen atoms in total. The Kier molecular flexibility index (Phi) is 3.69. The molecular formula is C11H9F2N3O3. The van der Waals surface area contributed by atoms with Gasteiger partial charge < -0.3 is 9.84 Å². The number of rotatable bonds is 5. The van der Waals surface area contributed by atoms with Crippen LogP contribution in [-0.4, -0.2) is 25.6 Å². The van der Waals surface area contributed by atoms with Gasteiger partial charge in [-0.25, -0.2) is 9.78 Å². The predicted molar refractivity (Wildman–Crippen MR) is 59.0 cm³/mol. The lowest BCUT2D eigenvalue weighted by Crippen LogP contribution is -2.09. The van der Waals surface area contributed by atoms with E-state index in [1.165, 1.54) is 24.7 Å². The molecular weight excluding hydrogens is 260 g/mol. The molecule has 2 rings (SSSR count). The van der Waals surface area contributed by atoms with Gasteiger partial charge in [0.05, 0.1) is 6.20 Å². The second kappa shape index (κ2) is 5.42. The first-order chi connectivity index (χ1) is 9.09. The van der Waals surface area contributed by atoms with Crippen molar-refractivity contribution in [3.63, 3.8) is 0 Å². The third-order valence-electron chi connectivity index (χ3n) is 2.33. The number of nitrogens with zero attached hydrogens (tertiary/aromatic N) is 3. The SMILES string of the molecule is O=C(O)c1ccncc1OCc1nccn1C(F)F. The summed E-state index contributed by atoms with van der Waals surface area (Å²) in [5.41, 5.74) is -0.0925. The molecule has 0 atom stereocenters. The Morgan fingerprint density at radius 3 is 2.95 bits per heavy atom. The fourth-order valence-electron chi connectivity index (χ4n) is 1.45. The zero-order chi connectivity index (χ0) is 13.8. The van der Waals surface area contributed by atoms with Crippen molar-refractivity contribution in [2.45, 2.75) is 13.2 Å². The molecule has 0 saturated carbocycles. The van der Waals surface area contributed by atoms with Gasteiger partial charge in [0.1, 0.15) is 12.2 Å². The second-order valence-corrected chi connectivity index (χ2v) is 3.49. The summed E-state index contributed by atoms with van der Waals surface area (Å²) in [5, 5.41) is 8.92. The van der Waals surface area contributed by atoms with Crippen molar-refractivity contribution in [2.75, 3.05) is 0 Å². The number of halogens is 2.